The molecule has 0 bridgehead atoms. The third kappa shape index (κ3) is 5.02. The van der Waals surface area contributed by atoms with E-state index in [9.17, 15) is 9.59 Å². The molecule has 1 saturated carbocycles. The van der Waals surface area contributed by atoms with Crippen molar-refractivity contribution < 1.29 is 9.59 Å². The molecular formula is C23H22N4O2S. The second kappa shape index (κ2) is 8.64. The summed E-state index contributed by atoms with van der Waals surface area (Å²) in [6, 6.07) is 18.7. The minimum absolute atomic E-state index is 0.128. The van der Waals surface area contributed by atoms with Gasteiger partial charge in [0, 0.05) is 0 Å². The number of nitrogens with one attached hydrogen (secondary N) is 2. The first kappa shape index (κ1) is 20.0. The number of rotatable bonds is 8. The average Bonchev–Trinajstić information content (AvgIpc) is 3.41. The van der Waals surface area contributed by atoms with Gasteiger partial charge in [0.05, 0.1) is 29.3 Å². The second-order valence-electron chi connectivity index (χ2n) is 7.59. The van der Waals surface area contributed by atoms with Gasteiger partial charge in [-0.25, -0.2) is 4.98 Å². The molecule has 2 N–H and O–H groups in total. The molecule has 2 amide bonds. The topological polar surface area (TPSA) is 94.9 Å². The van der Waals surface area contributed by atoms with Crippen LogP contribution in [-0.2, 0) is 28.9 Å². The normalized spacial score (nSPS) is 14.1. The van der Waals surface area contributed by atoms with E-state index in [0.29, 0.717) is 12.8 Å². The lowest BCUT2D eigenvalue weighted by Gasteiger charge is -2.09. The maximum atomic E-state index is 12.2. The first-order valence-corrected chi connectivity index (χ1v) is 10.8. The Morgan fingerprint density at radius 1 is 1.07 bits per heavy atom. The van der Waals surface area contributed by atoms with Crippen LogP contribution in [0.3, 0.4) is 0 Å². The van der Waals surface area contributed by atoms with Crippen LogP contribution >= 0.6 is 11.3 Å². The first-order chi connectivity index (χ1) is 14.5. The SMILES string of the molecule is N#CC1(NC(=O)CNC(=O)Cc2nc3cc(CCc4ccccc4)ccc3s2)CC1. The highest BCUT2D eigenvalue weighted by Gasteiger charge is 2.44. The molecule has 30 heavy (non-hydrogen) atoms. The molecule has 6 nitrogen and oxygen atoms in total. The maximum absolute atomic E-state index is 12.2. The van der Waals surface area contributed by atoms with Crippen LogP contribution in [0.1, 0.15) is 29.0 Å². The molecule has 0 spiro atoms. The molecule has 1 heterocycles. The Kier molecular flexibility index (Phi) is 5.77. The lowest BCUT2D eigenvalue weighted by molar-refractivity contribution is -0.126. The van der Waals surface area contributed by atoms with E-state index in [4.69, 9.17) is 5.26 Å². The second-order valence-corrected chi connectivity index (χ2v) is 8.71. The smallest absolute Gasteiger partial charge is 0.240 e. The Balaban J connectivity index is 1.30. The van der Waals surface area contributed by atoms with Crippen molar-refractivity contribution >= 4 is 33.4 Å². The van der Waals surface area contributed by atoms with E-state index in [0.717, 1.165) is 28.1 Å². The number of hydrogen-bond donors (Lipinski definition) is 2. The summed E-state index contributed by atoms with van der Waals surface area (Å²) in [7, 11) is 0. The zero-order valence-corrected chi connectivity index (χ0v) is 17.3. The molecule has 0 unspecified atom stereocenters. The van der Waals surface area contributed by atoms with E-state index in [1.54, 1.807) is 0 Å². The van der Waals surface area contributed by atoms with Crippen molar-refractivity contribution in [3.63, 3.8) is 0 Å². The summed E-state index contributed by atoms with van der Waals surface area (Å²) < 4.78 is 1.05. The van der Waals surface area contributed by atoms with Crippen LogP contribution in [0.2, 0.25) is 0 Å². The van der Waals surface area contributed by atoms with Gasteiger partial charge in [-0.2, -0.15) is 5.26 Å². The van der Waals surface area contributed by atoms with Crippen LogP contribution in [0.25, 0.3) is 10.2 Å². The standard InChI is InChI=1S/C23H22N4O2S/c24-15-23(10-11-23)27-21(29)14-25-20(28)13-22-26-18-12-17(8-9-19(18)30-22)7-6-16-4-2-1-3-5-16/h1-5,8-9,12H,6-7,10-11,13-14H2,(H,25,28)(H,27,29). The molecule has 1 aromatic heterocycles. The summed E-state index contributed by atoms with van der Waals surface area (Å²) in [5.41, 5.74) is 2.71. The summed E-state index contributed by atoms with van der Waals surface area (Å²) in [5.74, 6) is -0.593. The Morgan fingerprint density at radius 3 is 2.57 bits per heavy atom. The van der Waals surface area contributed by atoms with Gasteiger partial charge in [-0.05, 0) is 48.9 Å². The van der Waals surface area contributed by atoms with Crippen molar-refractivity contribution in [1.29, 1.82) is 5.26 Å². The quantitative estimate of drug-likeness (QED) is 0.588. The molecule has 0 atom stereocenters. The molecule has 0 radical (unpaired) electrons. The number of aryl methyl sites for hydroxylation is 2. The van der Waals surface area contributed by atoms with E-state index in [1.807, 2.05) is 18.2 Å². The summed E-state index contributed by atoms with van der Waals surface area (Å²) in [6.07, 6.45) is 3.38. The molecule has 7 heteroatoms. The largest absolute Gasteiger partial charge is 0.347 e. The fourth-order valence-electron chi connectivity index (χ4n) is 3.26. The van der Waals surface area contributed by atoms with Gasteiger partial charge >= 0.3 is 0 Å². The number of aromatic nitrogens is 1. The highest BCUT2D eigenvalue weighted by atomic mass is 32.1. The third-order valence-electron chi connectivity index (χ3n) is 5.14. The minimum atomic E-state index is -0.715. The molecule has 4 rings (SSSR count). The van der Waals surface area contributed by atoms with Gasteiger partial charge in [-0.1, -0.05) is 36.4 Å². The number of thiazole rings is 1. The fraction of sp³-hybridized carbons (Fsp3) is 0.304. The van der Waals surface area contributed by atoms with Crippen LogP contribution in [-0.4, -0.2) is 28.9 Å². The zero-order chi connectivity index (χ0) is 21.0. The molecule has 0 saturated heterocycles. The van der Waals surface area contributed by atoms with Crippen molar-refractivity contribution in [2.75, 3.05) is 6.54 Å². The van der Waals surface area contributed by atoms with E-state index in [2.05, 4.69) is 52.0 Å². The van der Waals surface area contributed by atoms with Crippen LogP contribution in [0.4, 0.5) is 0 Å². The number of carbonyl (C=O) groups is 2. The maximum Gasteiger partial charge on any atom is 0.240 e. The van der Waals surface area contributed by atoms with Gasteiger partial charge in [0.15, 0.2) is 0 Å². The van der Waals surface area contributed by atoms with Crippen LogP contribution in [0.15, 0.2) is 48.5 Å². The van der Waals surface area contributed by atoms with Crippen molar-refractivity contribution in [3.8, 4) is 6.07 Å². The van der Waals surface area contributed by atoms with E-state index in [1.165, 1.54) is 22.5 Å². The van der Waals surface area contributed by atoms with Crippen molar-refractivity contribution in [1.82, 2.24) is 15.6 Å². The predicted octanol–water partition coefficient (Wildman–Crippen LogP) is 2.91. The van der Waals surface area contributed by atoms with Crippen LogP contribution < -0.4 is 10.6 Å². The minimum Gasteiger partial charge on any atom is -0.347 e. The lowest BCUT2D eigenvalue weighted by Crippen LogP contribution is -2.43. The Morgan fingerprint density at radius 2 is 1.83 bits per heavy atom. The Labute approximate surface area is 178 Å². The van der Waals surface area contributed by atoms with Crippen LogP contribution in [0.5, 0.6) is 0 Å². The summed E-state index contributed by atoms with van der Waals surface area (Å²) >= 11 is 1.49. The lowest BCUT2D eigenvalue weighted by atomic mass is 10.0. The number of nitriles is 1. The molecule has 1 aliphatic rings. The summed E-state index contributed by atoms with van der Waals surface area (Å²) in [4.78, 5) is 28.6. The number of benzene rings is 2. The highest BCUT2D eigenvalue weighted by Crippen LogP contribution is 2.34. The number of amides is 2. The zero-order valence-electron chi connectivity index (χ0n) is 16.5. The molecule has 3 aromatic rings. The van der Waals surface area contributed by atoms with Gasteiger partial charge < -0.3 is 10.6 Å². The Bertz CT molecular complexity index is 1110. The highest BCUT2D eigenvalue weighted by molar-refractivity contribution is 7.18. The van der Waals surface area contributed by atoms with Crippen LogP contribution in [0, 0.1) is 11.3 Å². The molecule has 1 fully saturated rings. The molecule has 2 aromatic carbocycles. The van der Waals surface area contributed by atoms with Crippen molar-refractivity contribution in [2.24, 2.45) is 0 Å². The molecule has 1 aliphatic carbocycles. The van der Waals surface area contributed by atoms with E-state index >= 15 is 0 Å². The third-order valence-corrected chi connectivity index (χ3v) is 6.18. The van der Waals surface area contributed by atoms with Gasteiger partial charge in [0.1, 0.15) is 10.5 Å². The first-order valence-electron chi connectivity index (χ1n) is 9.96. The van der Waals surface area contributed by atoms with E-state index in [-0.39, 0.29) is 24.8 Å². The van der Waals surface area contributed by atoms with Gasteiger partial charge in [0.2, 0.25) is 11.8 Å². The fourth-order valence-corrected chi connectivity index (χ4v) is 4.21. The van der Waals surface area contributed by atoms with Crippen molar-refractivity contribution in [3.05, 3.63) is 64.7 Å². The molecular weight excluding hydrogens is 396 g/mol. The number of carbonyl (C=O) groups excluding carboxylic acids is 2. The van der Waals surface area contributed by atoms with Crippen molar-refractivity contribution in [2.45, 2.75) is 37.6 Å². The Hall–Kier alpha value is -3.24. The number of nitrogens with zero attached hydrogens (tertiary/aromatic N) is 2. The van der Waals surface area contributed by atoms with E-state index < -0.39 is 5.54 Å². The summed E-state index contributed by atoms with van der Waals surface area (Å²) in [6.45, 7) is -0.128. The van der Waals surface area contributed by atoms with Gasteiger partial charge in [-0.15, -0.1) is 11.3 Å². The number of hydrogen-bond acceptors (Lipinski definition) is 5. The molecule has 0 aliphatic heterocycles. The average molecular weight is 419 g/mol. The number of fused-ring (bicyclic) bond motifs is 1. The van der Waals surface area contributed by atoms with Gasteiger partial charge in [0.25, 0.3) is 0 Å². The van der Waals surface area contributed by atoms with Gasteiger partial charge in [-0.3, -0.25) is 9.59 Å². The monoisotopic (exact) mass is 418 g/mol. The molecule has 152 valence electrons. The summed E-state index contributed by atoms with van der Waals surface area (Å²) in [5, 5.41) is 15.0. The predicted molar refractivity (Wildman–Crippen MR) is 116 cm³/mol.